The maximum Gasteiger partial charge on any atom is 0.245 e. The summed E-state index contributed by atoms with van der Waals surface area (Å²) in [6.45, 7) is 4.96. The zero-order valence-corrected chi connectivity index (χ0v) is 10.9. The van der Waals surface area contributed by atoms with Crippen LogP contribution in [0.1, 0.15) is 12.8 Å². The molecule has 0 radical (unpaired) electrons. The number of rotatable bonds is 7. The molecule has 100 valence electrons. The Balaban J connectivity index is 2.08. The van der Waals surface area contributed by atoms with Crippen LogP contribution in [0.2, 0.25) is 0 Å². The molecule has 0 spiro atoms. The van der Waals surface area contributed by atoms with E-state index in [1.165, 1.54) is 7.11 Å². The Morgan fingerprint density at radius 3 is 2.59 bits per heavy atom. The van der Waals surface area contributed by atoms with Crippen LogP contribution < -0.4 is 5.32 Å². The second kappa shape index (κ2) is 8.44. The van der Waals surface area contributed by atoms with E-state index >= 15 is 0 Å². The summed E-state index contributed by atoms with van der Waals surface area (Å²) in [6, 6.07) is 0. The first-order chi connectivity index (χ1) is 8.26. The average molecular weight is 244 g/mol. The van der Waals surface area contributed by atoms with Crippen molar-refractivity contribution in [1.29, 1.82) is 0 Å². The van der Waals surface area contributed by atoms with Gasteiger partial charge in [0, 0.05) is 27.3 Å². The number of carbonyl (C=O) groups excluding carboxylic acids is 1. The van der Waals surface area contributed by atoms with E-state index in [1.54, 1.807) is 7.11 Å². The number of methoxy groups -OCH3 is 2. The van der Waals surface area contributed by atoms with Crippen molar-refractivity contribution in [2.75, 3.05) is 53.6 Å². The Kier molecular flexibility index (Phi) is 7.16. The highest BCUT2D eigenvalue weighted by Crippen LogP contribution is 2.15. The lowest BCUT2D eigenvalue weighted by molar-refractivity contribution is -0.125. The molecule has 1 N–H and O–H groups in total. The molecule has 0 aromatic rings. The Hall–Kier alpha value is -0.650. The van der Waals surface area contributed by atoms with Gasteiger partial charge < -0.3 is 19.7 Å². The third-order valence-corrected chi connectivity index (χ3v) is 3.18. The molecule has 0 bridgehead atoms. The second-order valence-electron chi connectivity index (χ2n) is 4.51. The van der Waals surface area contributed by atoms with Gasteiger partial charge in [-0.1, -0.05) is 0 Å². The van der Waals surface area contributed by atoms with Crippen molar-refractivity contribution in [3.05, 3.63) is 0 Å². The van der Waals surface area contributed by atoms with Gasteiger partial charge in [-0.05, 0) is 31.8 Å². The fourth-order valence-corrected chi connectivity index (χ4v) is 2.07. The van der Waals surface area contributed by atoms with Crippen LogP contribution in [0.15, 0.2) is 0 Å². The summed E-state index contributed by atoms with van der Waals surface area (Å²) < 4.78 is 9.84. The predicted molar refractivity (Wildman–Crippen MR) is 65.9 cm³/mol. The number of hydrogen-bond acceptors (Lipinski definition) is 4. The summed E-state index contributed by atoms with van der Waals surface area (Å²) in [4.78, 5) is 13.6. The Labute approximate surface area is 103 Å². The van der Waals surface area contributed by atoms with Gasteiger partial charge >= 0.3 is 0 Å². The quantitative estimate of drug-likeness (QED) is 0.690. The largest absolute Gasteiger partial charge is 0.383 e. The molecule has 1 amide bonds. The van der Waals surface area contributed by atoms with Crippen LogP contribution in [-0.4, -0.2) is 64.4 Å². The van der Waals surface area contributed by atoms with Gasteiger partial charge in [0.15, 0.2) is 0 Å². The molecule has 1 heterocycles. The topological polar surface area (TPSA) is 50.8 Å². The molecule has 5 heteroatoms. The highest BCUT2D eigenvalue weighted by Gasteiger charge is 2.19. The summed E-state index contributed by atoms with van der Waals surface area (Å²) in [5, 5.41) is 2.90. The van der Waals surface area contributed by atoms with Crippen molar-refractivity contribution in [3.63, 3.8) is 0 Å². The molecule has 1 aliphatic rings. The van der Waals surface area contributed by atoms with Gasteiger partial charge in [0.1, 0.15) is 6.61 Å². The monoisotopic (exact) mass is 244 g/mol. The first kappa shape index (κ1) is 14.4. The Morgan fingerprint density at radius 1 is 1.29 bits per heavy atom. The molecular formula is C12H24N2O3. The van der Waals surface area contributed by atoms with Crippen molar-refractivity contribution in [3.8, 4) is 0 Å². The summed E-state index contributed by atoms with van der Waals surface area (Å²) in [7, 11) is 3.27. The highest BCUT2D eigenvalue weighted by molar-refractivity contribution is 5.77. The SMILES string of the molecule is COCCN1CCC(CNC(=O)COC)CC1. The van der Waals surface area contributed by atoms with Crippen LogP contribution in [0.4, 0.5) is 0 Å². The number of nitrogens with zero attached hydrogens (tertiary/aromatic N) is 1. The second-order valence-corrected chi connectivity index (χ2v) is 4.51. The minimum absolute atomic E-state index is 0.0192. The summed E-state index contributed by atoms with van der Waals surface area (Å²) in [5.74, 6) is 0.587. The zero-order chi connectivity index (χ0) is 12.5. The molecule has 1 aliphatic heterocycles. The van der Waals surface area contributed by atoms with Gasteiger partial charge in [-0.2, -0.15) is 0 Å². The zero-order valence-electron chi connectivity index (χ0n) is 10.9. The van der Waals surface area contributed by atoms with Crippen molar-refractivity contribution in [1.82, 2.24) is 10.2 Å². The third-order valence-electron chi connectivity index (χ3n) is 3.18. The molecule has 0 aromatic carbocycles. The normalized spacial score (nSPS) is 18.2. The number of amides is 1. The van der Waals surface area contributed by atoms with Gasteiger partial charge in [-0.3, -0.25) is 4.79 Å². The van der Waals surface area contributed by atoms with E-state index in [0.29, 0.717) is 5.92 Å². The minimum atomic E-state index is -0.0192. The molecule has 0 unspecified atom stereocenters. The highest BCUT2D eigenvalue weighted by atomic mass is 16.5. The number of likely N-dealkylation sites (tertiary alicyclic amines) is 1. The minimum Gasteiger partial charge on any atom is -0.383 e. The molecule has 0 aliphatic carbocycles. The van der Waals surface area contributed by atoms with Crippen LogP contribution in [0.5, 0.6) is 0 Å². The summed E-state index contributed by atoms with van der Waals surface area (Å²) in [6.07, 6.45) is 2.30. The van der Waals surface area contributed by atoms with Crippen LogP contribution in [0.3, 0.4) is 0 Å². The molecule has 5 nitrogen and oxygen atoms in total. The van der Waals surface area contributed by atoms with E-state index in [2.05, 4.69) is 10.2 Å². The van der Waals surface area contributed by atoms with E-state index in [0.717, 1.165) is 45.6 Å². The van der Waals surface area contributed by atoms with Crippen LogP contribution in [0.25, 0.3) is 0 Å². The van der Waals surface area contributed by atoms with Crippen molar-refractivity contribution in [2.45, 2.75) is 12.8 Å². The summed E-state index contributed by atoms with van der Waals surface area (Å²) >= 11 is 0. The standard InChI is InChI=1S/C12H24N2O3/c1-16-8-7-14-5-3-11(4-6-14)9-13-12(15)10-17-2/h11H,3-10H2,1-2H3,(H,13,15). The summed E-state index contributed by atoms with van der Waals surface area (Å²) in [5.41, 5.74) is 0. The average Bonchev–Trinajstić information content (AvgIpc) is 2.35. The van der Waals surface area contributed by atoms with Crippen LogP contribution >= 0.6 is 0 Å². The van der Waals surface area contributed by atoms with Gasteiger partial charge in [0.25, 0.3) is 0 Å². The van der Waals surface area contributed by atoms with Crippen molar-refractivity contribution < 1.29 is 14.3 Å². The van der Waals surface area contributed by atoms with Gasteiger partial charge in [-0.15, -0.1) is 0 Å². The first-order valence-electron chi connectivity index (χ1n) is 6.23. The first-order valence-corrected chi connectivity index (χ1v) is 6.23. The predicted octanol–water partition coefficient (Wildman–Crippen LogP) is 0.107. The Morgan fingerprint density at radius 2 is 2.00 bits per heavy atom. The number of ether oxygens (including phenoxy) is 2. The van der Waals surface area contributed by atoms with Gasteiger partial charge in [0.05, 0.1) is 6.61 Å². The lowest BCUT2D eigenvalue weighted by Crippen LogP contribution is -2.40. The molecular weight excluding hydrogens is 220 g/mol. The smallest absolute Gasteiger partial charge is 0.245 e. The number of piperidine rings is 1. The molecule has 0 aromatic heterocycles. The Bertz CT molecular complexity index is 216. The molecule has 17 heavy (non-hydrogen) atoms. The maximum atomic E-state index is 11.2. The van der Waals surface area contributed by atoms with Gasteiger partial charge in [0.2, 0.25) is 5.91 Å². The fourth-order valence-electron chi connectivity index (χ4n) is 2.07. The van der Waals surface area contributed by atoms with E-state index in [-0.39, 0.29) is 12.5 Å². The van der Waals surface area contributed by atoms with E-state index in [9.17, 15) is 4.79 Å². The van der Waals surface area contributed by atoms with Crippen molar-refractivity contribution >= 4 is 5.91 Å². The third kappa shape index (κ3) is 6.00. The van der Waals surface area contributed by atoms with Crippen LogP contribution in [-0.2, 0) is 14.3 Å². The maximum absolute atomic E-state index is 11.2. The molecule has 1 fully saturated rings. The number of nitrogens with one attached hydrogen (secondary N) is 1. The van der Waals surface area contributed by atoms with Crippen molar-refractivity contribution in [2.24, 2.45) is 5.92 Å². The van der Waals surface area contributed by atoms with E-state index < -0.39 is 0 Å². The van der Waals surface area contributed by atoms with Gasteiger partial charge in [-0.25, -0.2) is 0 Å². The number of hydrogen-bond donors (Lipinski definition) is 1. The molecule has 1 saturated heterocycles. The van der Waals surface area contributed by atoms with Crippen LogP contribution in [0, 0.1) is 5.92 Å². The molecule has 0 atom stereocenters. The lowest BCUT2D eigenvalue weighted by Gasteiger charge is -2.31. The number of carbonyl (C=O) groups is 1. The fraction of sp³-hybridized carbons (Fsp3) is 0.917. The molecule has 1 rings (SSSR count). The lowest BCUT2D eigenvalue weighted by atomic mass is 9.97. The van der Waals surface area contributed by atoms with E-state index in [1.807, 2.05) is 0 Å². The molecule has 0 saturated carbocycles. The van der Waals surface area contributed by atoms with E-state index in [4.69, 9.17) is 9.47 Å².